The third-order valence-electron chi connectivity index (χ3n) is 7.16. The van der Waals surface area contributed by atoms with Crippen LogP contribution in [0, 0.1) is 0 Å². The van der Waals surface area contributed by atoms with Crippen molar-refractivity contribution < 1.29 is 43.0 Å². The van der Waals surface area contributed by atoms with Crippen molar-refractivity contribution in [3.63, 3.8) is 0 Å². The van der Waals surface area contributed by atoms with Gasteiger partial charge in [-0.3, -0.25) is 0 Å². The van der Waals surface area contributed by atoms with Crippen molar-refractivity contribution in [2.24, 2.45) is 0 Å². The highest BCUT2D eigenvalue weighted by atomic mass is 16.7. The molecule has 35 heavy (non-hydrogen) atoms. The topological polar surface area (TPSA) is 94.1 Å². The Labute approximate surface area is 212 Å². The van der Waals surface area contributed by atoms with Crippen molar-refractivity contribution >= 4 is 0 Å². The van der Waals surface area contributed by atoms with Crippen LogP contribution < -0.4 is 0 Å². The van der Waals surface area contributed by atoms with Crippen LogP contribution in [-0.4, -0.2) is 94.6 Å². The quantitative estimate of drug-likeness (QED) is 0.248. The summed E-state index contributed by atoms with van der Waals surface area (Å²) in [5, 5.41) is 11.2. The van der Waals surface area contributed by atoms with Gasteiger partial charge in [-0.1, -0.05) is 0 Å². The number of ether oxygens (including phenoxy) is 8. The SMILES string of the molecule is CCOC(C)OCCC[C@@H]1O[C@@H]2CC[C@](C)(OCOC)[C@@H](CCCOCOC)O[C@H]2CC[C@@]1(C)O. The lowest BCUT2D eigenvalue weighted by molar-refractivity contribution is -0.196. The molecule has 2 rings (SSSR count). The summed E-state index contributed by atoms with van der Waals surface area (Å²) in [6.45, 7) is 10.1. The summed E-state index contributed by atoms with van der Waals surface area (Å²) < 4.78 is 46.3. The summed E-state index contributed by atoms with van der Waals surface area (Å²) in [4.78, 5) is 0. The Morgan fingerprint density at radius 1 is 0.886 bits per heavy atom. The summed E-state index contributed by atoms with van der Waals surface area (Å²) in [6.07, 6.45) is 5.24. The van der Waals surface area contributed by atoms with E-state index in [0.717, 1.165) is 38.5 Å². The van der Waals surface area contributed by atoms with Crippen molar-refractivity contribution in [1.82, 2.24) is 0 Å². The maximum Gasteiger partial charge on any atom is 0.154 e. The number of rotatable bonds is 16. The van der Waals surface area contributed by atoms with Gasteiger partial charge in [-0.25, -0.2) is 0 Å². The van der Waals surface area contributed by atoms with Crippen LogP contribution >= 0.6 is 0 Å². The number of hydrogen-bond acceptors (Lipinski definition) is 9. The van der Waals surface area contributed by atoms with Gasteiger partial charge in [0.1, 0.15) is 13.6 Å². The molecule has 0 aromatic carbocycles. The minimum Gasteiger partial charge on any atom is -0.387 e. The molecular formula is C26H50O9. The van der Waals surface area contributed by atoms with Gasteiger partial charge in [0.2, 0.25) is 0 Å². The van der Waals surface area contributed by atoms with Crippen molar-refractivity contribution in [3.8, 4) is 0 Å². The summed E-state index contributed by atoms with van der Waals surface area (Å²) in [7, 11) is 3.25. The second-order valence-corrected chi connectivity index (χ2v) is 10.1. The van der Waals surface area contributed by atoms with Crippen LogP contribution in [0.1, 0.15) is 79.1 Å². The maximum atomic E-state index is 11.2. The summed E-state index contributed by atoms with van der Waals surface area (Å²) in [5.74, 6) is 0. The second-order valence-electron chi connectivity index (χ2n) is 10.1. The van der Waals surface area contributed by atoms with Crippen LogP contribution in [0.2, 0.25) is 0 Å². The predicted octanol–water partition coefficient (Wildman–Crippen LogP) is 3.79. The predicted molar refractivity (Wildman–Crippen MR) is 131 cm³/mol. The van der Waals surface area contributed by atoms with Crippen LogP contribution in [0.25, 0.3) is 0 Å². The normalized spacial score (nSPS) is 34.7. The number of aliphatic hydroxyl groups is 1. The van der Waals surface area contributed by atoms with E-state index in [1.165, 1.54) is 0 Å². The molecule has 1 N–H and O–H groups in total. The molecular weight excluding hydrogens is 456 g/mol. The van der Waals surface area contributed by atoms with Gasteiger partial charge in [-0.05, 0) is 79.1 Å². The van der Waals surface area contributed by atoms with Crippen LogP contribution in [0.5, 0.6) is 0 Å². The Morgan fingerprint density at radius 3 is 2.20 bits per heavy atom. The fraction of sp³-hybridized carbons (Fsp3) is 1.00. The van der Waals surface area contributed by atoms with Crippen LogP contribution in [0.3, 0.4) is 0 Å². The third-order valence-corrected chi connectivity index (χ3v) is 7.16. The van der Waals surface area contributed by atoms with Gasteiger partial charge < -0.3 is 43.0 Å². The minimum atomic E-state index is -0.916. The van der Waals surface area contributed by atoms with E-state index in [-0.39, 0.29) is 44.3 Å². The zero-order valence-corrected chi connectivity index (χ0v) is 22.8. The van der Waals surface area contributed by atoms with E-state index >= 15 is 0 Å². The highest BCUT2D eigenvalue weighted by Gasteiger charge is 2.47. The van der Waals surface area contributed by atoms with Crippen LogP contribution in [-0.2, 0) is 37.9 Å². The first-order chi connectivity index (χ1) is 16.8. The Balaban J connectivity index is 2.02. The number of fused-ring (bicyclic) bond motifs is 1. The van der Waals surface area contributed by atoms with E-state index < -0.39 is 11.2 Å². The lowest BCUT2D eigenvalue weighted by atomic mass is 9.90. The Hall–Kier alpha value is -0.360. The molecule has 2 saturated heterocycles. The summed E-state index contributed by atoms with van der Waals surface area (Å²) in [5.41, 5.74) is -1.41. The lowest BCUT2D eigenvalue weighted by Crippen LogP contribution is -2.44. The minimum absolute atomic E-state index is 0.0986. The Kier molecular flexibility index (Phi) is 13.9. The highest BCUT2D eigenvalue weighted by Crippen LogP contribution is 2.40. The first kappa shape index (κ1) is 30.9. The average molecular weight is 507 g/mol. The molecule has 2 heterocycles. The van der Waals surface area contributed by atoms with E-state index in [9.17, 15) is 5.11 Å². The first-order valence-corrected chi connectivity index (χ1v) is 13.2. The summed E-state index contributed by atoms with van der Waals surface area (Å²) in [6, 6.07) is 0. The molecule has 2 aliphatic rings. The van der Waals surface area contributed by atoms with E-state index in [1.54, 1.807) is 14.2 Å². The molecule has 0 radical (unpaired) electrons. The molecule has 7 atom stereocenters. The first-order valence-electron chi connectivity index (χ1n) is 13.2. The molecule has 0 amide bonds. The molecule has 0 bridgehead atoms. The Bertz CT molecular complexity index is 561. The zero-order valence-electron chi connectivity index (χ0n) is 22.8. The fourth-order valence-electron chi connectivity index (χ4n) is 5.01. The van der Waals surface area contributed by atoms with Gasteiger partial charge >= 0.3 is 0 Å². The highest BCUT2D eigenvalue weighted by molar-refractivity contribution is 4.96. The largest absolute Gasteiger partial charge is 0.387 e. The maximum absolute atomic E-state index is 11.2. The van der Waals surface area contributed by atoms with Crippen molar-refractivity contribution in [2.45, 2.75) is 121 Å². The molecule has 9 nitrogen and oxygen atoms in total. The van der Waals surface area contributed by atoms with Gasteiger partial charge in [0, 0.05) is 34.0 Å². The molecule has 2 aliphatic heterocycles. The van der Waals surface area contributed by atoms with Gasteiger partial charge in [0.25, 0.3) is 0 Å². The van der Waals surface area contributed by atoms with Crippen molar-refractivity contribution in [2.75, 3.05) is 47.6 Å². The van der Waals surface area contributed by atoms with E-state index in [1.807, 2.05) is 20.8 Å². The molecule has 0 aliphatic carbocycles. The fourth-order valence-corrected chi connectivity index (χ4v) is 5.01. The number of methoxy groups -OCH3 is 2. The average Bonchev–Trinajstić information content (AvgIpc) is 3.02. The molecule has 0 saturated carbocycles. The molecule has 0 aromatic heterocycles. The molecule has 1 unspecified atom stereocenters. The lowest BCUT2D eigenvalue weighted by Gasteiger charge is -2.37. The van der Waals surface area contributed by atoms with Gasteiger partial charge in [0.05, 0.1) is 35.6 Å². The summed E-state index contributed by atoms with van der Waals surface area (Å²) >= 11 is 0. The van der Waals surface area contributed by atoms with Gasteiger partial charge in [-0.15, -0.1) is 0 Å². The third kappa shape index (κ3) is 10.1. The van der Waals surface area contributed by atoms with E-state index in [2.05, 4.69) is 6.92 Å². The van der Waals surface area contributed by atoms with Crippen molar-refractivity contribution in [1.29, 1.82) is 0 Å². The molecule has 9 heteroatoms. The zero-order chi connectivity index (χ0) is 25.7. The van der Waals surface area contributed by atoms with Crippen LogP contribution in [0.4, 0.5) is 0 Å². The molecule has 208 valence electrons. The van der Waals surface area contributed by atoms with E-state index in [4.69, 9.17) is 37.9 Å². The van der Waals surface area contributed by atoms with Crippen molar-refractivity contribution in [3.05, 3.63) is 0 Å². The standard InChI is InChI=1S/C26H50O9/c1-7-31-20(2)32-17-9-10-23-25(3,27)14-12-21-22(34-23)13-15-26(4,33-19-29-6)24(35-21)11-8-16-30-18-28-5/h20-24,27H,7-19H2,1-6H3/t20?,21-,22+,23-,24+,25+,26-/m0/s1. The molecule has 2 fully saturated rings. The van der Waals surface area contributed by atoms with E-state index in [0.29, 0.717) is 32.7 Å². The van der Waals surface area contributed by atoms with Gasteiger partial charge in [0.15, 0.2) is 6.29 Å². The molecule has 0 aromatic rings. The molecule has 0 spiro atoms. The number of hydrogen-bond donors (Lipinski definition) is 1. The van der Waals surface area contributed by atoms with Gasteiger partial charge in [-0.2, -0.15) is 0 Å². The second kappa shape index (κ2) is 15.8. The monoisotopic (exact) mass is 506 g/mol. The van der Waals surface area contributed by atoms with Crippen LogP contribution in [0.15, 0.2) is 0 Å². The Morgan fingerprint density at radius 2 is 1.51 bits per heavy atom. The smallest absolute Gasteiger partial charge is 0.154 e.